The fourth-order valence-corrected chi connectivity index (χ4v) is 3.11. The summed E-state index contributed by atoms with van der Waals surface area (Å²) in [4.78, 5) is 48.2. The first-order chi connectivity index (χ1) is 15.0. The van der Waals surface area contributed by atoms with Gasteiger partial charge in [0.25, 0.3) is 5.91 Å². The number of hydrogen-bond acceptors (Lipinski definition) is 8. The number of nitrogens with one attached hydrogen (secondary N) is 3. The summed E-state index contributed by atoms with van der Waals surface area (Å²) in [7, 11) is 1.54. The van der Waals surface area contributed by atoms with Gasteiger partial charge in [-0.2, -0.15) is 0 Å². The quantitative estimate of drug-likeness (QED) is 0.265. The van der Waals surface area contributed by atoms with E-state index in [-0.39, 0.29) is 23.8 Å². The van der Waals surface area contributed by atoms with Crippen molar-refractivity contribution in [3.63, 3.8) is 0 Å². The molecule has 166 valence electrons. The van der Waals surface area contributed by atoms with Gasteiger partial charge in [-0.15, -0.1) is 11.8 Å². The molecule has 0 spiro atoms. The largest absolute Gasteiger partial charge is 0.467 e. The Balaban J connectivity index is 1.77. The Labute approximate surface area is 183 Å². The summed E-state index contributed by atoms with van der Waals surface area (Å²) in [6.07, 6.45) is 1.46. The number of ether oxygens (including phenoxy) is 2. The van der Waals surface area contributed by atoms with Crippen LogP contribution in [0.1, 0.15) is 16.1 Å². The highest BCUT2D eigenvalue weighted by Crippen LogP contribution is 2.23. The fourth-order valence-electron chi connectivity index (χ4n) is 2.24. The van der Waals surface area contributed by atoms with Crippen LogP contribution in [-0.2, 0) is 25.6 Å². The van der Waals surface area contributed by atoms with E-state index in [9.17, 15) is 19.2 Å². The molecule has 2 aromatic rings. The summed E-state index contributed by atoms with van der Waals surface area (Å²) in [5, 5.41) is 7.17. The van der Waals surface area contributed by atoms with Crippen molar-refractivity contribution in [3.8, 4) is 0 Å². The Morgan fingerprint density at radius 3 is 2.58 bits per heavy atom. The van der Waals surface area contributed by atoms with E-state index in [1.807, 2.05) is 0 Å². The molecule has 0 aliphatic rings. The summed E-state index contributed by atoms with van der Waals surface area (Å²) in [5.41, 5.74) is 0.215. The maximum atomic E-state index is 12.3. The number of carbonyl (C=O) groups is 4. The number of benzene rings is 1. The third kappa shape index (κ3) is 8.93. The molecule has 0 radical (unpaired) electrons. The second kappa shape index (κ2) is 13.1. The van der Waals surface area contributed by atoms with Gasteiger partial charge in [0, 0.05) is 18.6 Å². The molecule has 0 atom stereocenters. The van der Waals surface area contributed by atoms with Crippen LogP contribution in [0.5, 0.6) is 0 Å². The van der Waals surface area contributed by atoms with Crippen LogP contribution in [0, 0.1) is 0 Å². The van der Waals surface area contributed by atoms with Crippen LogP contribution in [0.25, 0.3) is 0 Å². The number of thioether (sulfide) groups is 1. The van der Waals surface area contributed by atoms with Gasteiger partial charge in [0.05, 0.1) is 30.7 Å². The fraction of sp³-hybridized carbons (Fsp3) is 0.300. The van der Waals surface area contributed by atoms with E-state index in [0.717, 1.165) is 11.8 Å². The van der Waals surface area contributed by atoms with Crippen molar-refractivity contribution >= 4 is 35.6 Å². The lowest BCUT2D eigenvalue weighted by atomic mass is 10.2. The number of furan rings is 1. The molecule has 1 aromatic carbocycles. The molecule has 0 aliphatic heterocycles. The summed E-state index contributed by atoms with van der Waals surface area (Å²) in [5.74, 6) is -1.10. The monoisotopic (exact) mass is 449 g/mol. The van der Waals surface area contributed by atoms with Gasteiger partial charge >= 0.3 is 12.0 Å². The minimum atomic E-state index is -0.784. The van der Waals surface area contributed by atoms with Gasteiger partial charge in [-0.05, 0) is 24.3 Å². The number of carbonyl (C=O) groups excluding carboxylic acids is 4. The van der Waals surface area contributed by atoms with E-state index in [2.05, 4.69) is 16.0 Å². The number of rotatable bonds is 11. The van der Waals surface area contributed by atoms with Crippen LogP contribution in [0.4, 0.5) is 4.79 Å². The van der Waals surface area contributed by atoms with Gasteiger partial charge < -0.3 is 24.5 Å². The zero-order valence-corrected chi connectivity index (χ0v) is 17.7. The minimum Gasteiger partial charge on any atom is -0.467 e. The maximum absolute atomic E-state index is 12.3. The second-order valence-electron chi connectivity index (χ2n) is 6.01. The van der Waals surface area contributed by atoms with E-state index in [1.165, 1.54) is 19.4 Å². The molecule has 10 nitrogen and oxygen atoms in total. The Morgan fingerprint density at radius 2 is 1.84 bits per heavy atom. The zero-order chi connectivity index (χ0) is 22.5. The maximum Gasteiger partial charge on any atom is 0.339 e. The van der Waals surface area contributed by atoms with Gasteiger partial charge in [0.2, 0.25) is 5.91 Å². The molecule has 2 rings (SSSR count). The molecular formula is C20H23N3O7S. The topological polar surface area (TPSA) is 136 Å². The van der Waals surface area contributed by atoms with E-state index < -0.39 is 24.5 Å². The zero-order valence-electron chi connectivity index (χ0n) is 16.8. The Bertz CT molecular complexity index is 887. The molecular weight excluding hydrogens is 426 g/mol. The molecule has 1 heterocycles. The van der Waals surface area contributed by atoms with E-state index in [4.69, 9.17) is 13.9 Å². The van der Waals surface area contributed by atoms with Crippen molar-refractivity contribution in [1.82, 2.24) is 16.0 Å². The lowest BCUT2D eigenvalue weighted by molar-refractivity contribution is -0.123. The van der Waals surface area contributed by atoms with Crippen LogP contribution in [0.2, 0.25) is 0 Å². The molecule has 0 aliphatic carbocycles. The van der Waals surface area contributed by atoms with Crippen LogP contribution in [0.3, 0.4) is 0 Å². The smallest absolute Gasteiger partial charge is 0.339 e. The first-order valence-electron chi connectivity index (χ1n) is 9.24. The van der Waals surface area contributed by atoms with E-state index >= 15 is 0 Å². The van der Waals surface area contributed by atoms with Gasteiger partial charge in [-0.1, -0.05) is 12.1 Å². The molecule has 0 saturated heterocycles. The Morgan fingerprint density at radius 1 is 1.03 bits per heavy atom. The molecule has 4 amide bonds. The Kier molecular flexibility index (Phi) is 10.1. The number of methoxy groups -OCH3 is 1. The SMILES string of the molecule is COCCNC(=O)CSc1ccccc1C(=O)OCC(=O)NC(=O)NCc1ccco1. The number of urea groups is 1. The predicted octanol–water partition coefficient (Wildman–Crippen LogP) is 1.32. The third-order valence-electron chi connectivity index (χ3n) is 3.68. The number of hydrogen-bond donors (Lipinski definition) is 3. The van der Waals surface area contributed by atoms with Gasteiger partial charge in [-0.3, -0.25) is 14.9 Å². The standard InChI is InChI=1S/C20H23N3O7S/c1-28-10-8-21-18(25)13-31-16-7-3-2-6-15(16)19(26)30-12-17(24)23-20(27)22-11-14-5-4-9-29-14/h2-7,9H,8,10-13H2,1H3,(H,21,25)(H2,22,23,24,27). The van der Waals surface area contributed by atoms with Crippen LogP contribution in [0.15, 0.2) is 52.0 Å². The van der Waals surface area contributed by atoms with Crippen LogP contribution < -0.4 is 16.0 Å². The number of esters is 1. The van der Waals surface area contributed by atoms with Crippen molar-refractivity contribution in [3.05, 3.63) is 54.0 Å². The van der Waals surface area contributed by atoms with Crippen molar-refractivity contribution in [1.29, 1.82) is 0 Å². The highest BCUT2D eigenvalue weighted by atomic mass is 32.2. The van der Waals surface area contributed by atoms with E-state index in [0.29, 0.717) is 23.8 Å². The van der Waals surface area contributed by atoms with E-state index in [1.54, 1.807) is 30.3 Å². The average Bonchev–Trinajstić information content (AvgIpc) is 3.29. The molecule has 1 aromatic heterocycles. The van der Waals surface area contributed by atoms with Crippen molar-refractivity contribution in [2.75, 3.05) is 32.6 Å². The summed E-state index contributed by atoms with van der Waals surface area (Å²) < 4.78 is 14.9. The third-order valence-corrected chi connectivity index (χ3v) is 4.76. The highest BCUT2D eigenvalue weighted by molar-refractivity contribution is 8.00. The molecule has 0 fully saturated rings. The summed E-state index contributed by atoms with van der Waals surface area (Å²) >= 11 is 1.16. The average molecular weight is 449 g/mol. The first-order valence-corrected chi connectivity index (χ1v) is 10.2. The van der Waals surface area contributed by atoms with Gasteiger partial charge in [-0.25, -0.2) is 9.59 Å². The summed E-state index contributed by atoms with van der Waals surface area (Å²) in [6.45, 7) is 0.269. The van der Waals surface area contributed by atoms with Crippen molar-refractivity contribution < 1.29 is 33.1 Å². The van der Waals surface area contributed by atoms with Crippen molar-refractivity contribution in [2.45, 2.75) is 11.4 Å². The number of amides is 4. The van der Waals surface area contributed by atoms with Gasteiger partial charge in [0.1, 0.15) is 5.76 Å². The molecule has 0 bridgehead atoms. The molecule has 3 N–H and O–H groups in total. The normalized spacial score (nSPS) is 10.2. The second-order valence-corrected chi connectivity index (χ2v) is 7.03. The molecule has 31 heavy (non-hydrogen) atoms. The van der Waals surface area contributed by atoms with Crippen LogP contribution >= 0.6 is 11.8 Å². The first kappa shape index (κ1) is 24.0. The highest BCUT2D eigenvalue weighted by Gasteiger charge is 2.16. The number of imide groups is 1. The summed E-state index contributed by atoms with van der Waals surface area (Å²) in [6, 6.07) is 9.16. The molecule has 0 saturated carbocycles. The van der Waals surface area contributed by atoms with Gasteiger partial charge in [0.15, 0.2) is 6.61 Å². The lowest BCUT2D eigenvalue weighted by Gasteiger charge is -2.10. The minimum absolute atomic E-state index is 0.102. The predicted molar refractivity (Wildman–Crippen MR) is 111 cm³/mol. The van der Waals surface area contributed by atoms with Crippen LogP contribution in [-0.4, -0.2) is 56.4 Å². The molecule has 0 unspecified atom stereocenters. The lowest BCUT2D eigenvalue weighted by Crippen LogP contribution is -2.41. The molecule has 11 heteroatoms. The Hall–Kier alpha value is -3.31. The van der Waals surface area contributed by atoms with Crippen molar-refractivity contribution in [2.24, 2.45) is 0 Å².